The summed E-state index contributed by atoms with van der Waals surface area (Å²) in [7, 11) is -3.82. The number of sulfonamides is 1. The Hall–Kier alpha value is -1.27. The predicted octanol–water partition coefficient (Wildman–Crippen LogP) is 5.19. The highest BCUT2D eigenvalue weighted by Crippen LogP contribution is 2.35. The van der Waals surface area contributed by atoms with Crippen LogP contribution in [-0.4, -0.2) is 67.3 Å². The van der Waals surface area contributed by atoms with E-state index in [0.29, 0.717) is 47.0 Å². The summed E-state index contributed by atoms with van der Waals surface area (Å²) in [6.07, 6.45) is 1.09. The van der Waals surface area contributed by atoms with Gasteiger partial charge in [0.05, 0.1) is 14.6 Å². The second-order valence-electron chi connectivity index (χ2n) is 7.96. The Kier molecular flexibility index (Phi) is 8.18. The minimum Gasteiger partial charge on any atom is -0.302 e. The summed E-state index contributed by atoms with van der Waals surface area (Å²) in [5.74, 6) is -0.249. The molecule has 0 aliphatic carbocycles. The molecule has 1 aromatic carbocycles. The molecule has 3 heterocycles. The van der Waals surface area contributed by atoms with Crippen LogP contribution in [0, 0.1) is 0 Å². The van der Waals surface area contributed by atoms with Gasteiger partial charge >= 0.3 is 0 Å². The molecule has 7 nitrogen and oxygen atoms in total. The standard InChI is InChI=1S/C22H26Cl2N4O3S3/c1-3-26(4-2)12-13-27(22-25-16-8-7-15(23)14-18(16)32-22)21(29)17-6-5-11-28(17)34(30,31)20-10-9-19(24)33-20/h7-10,14,17H,3-6,11-13H2,1-2H3. The fourth-order valence-electron chi connectivity index (χ4n) is 4.09. The molecule has 1 unspecified atom stereocenters. The van der Waals surface area contributed by atoms with Gasteiger partial charge in [-0.25, -0.2) is 13.4 Å². The van der Waals surface area contributed by atoms with Crippen molar-refractivity contribution in [3.63, 3.8) is 0 Å². The lowest BCUT2D eigenvalue weighted by molar-refractivity contribution is -0.121. The minimum atomic E-state index is -3.82. The van der Waals surface area contributed by atoms with Crippen molar-refractivity contribution in [3.8, 4) is 0 Å². The quantitative estimate of drug-likeness (QED) is 0.360. The van der Waals surface area contributed by atoms with E-state index in [0.717, 1.165) is 34.6 Å². The lowest BCUT2D eigenvalue weighted by atomic mass is 10.2. The second-order valence-corrected chi connectivity index (χ2v) is 13.2. The average Bonchev–Trinajstić information content (AvgIpc) is 3.55. The van der Waals surface area contributed by atoms with Crippen molar-refractivity contribution in [2.45, 2.75) is 36.9 Å². The predicted molar refractivity (Wildman–Crippen MR) is 141 cm³/mol. The molecule has 0 saturated carbocycles. The number of carbonyl (C=O) groups is 1. The average molecular weight is 562 g/mol. The molecule has 1 aliphatic heterocycles. The van der Waals surface area contributed by atoms with Gasteiger partial charge in [-0.3, -0.25) is 9.69 Å². The monoisotopic (exact) mass is 560 g/mol. The maximum atomic E-state index is 13.9. The van der Waals surface area contributed by atoms with E-state index in [2.05, 4.69) is 23.7 Å². The molecule has 1 fully saturated rings. The Morgan fingerprint density at radius 1 is 1.15 bits per heavy atom. The highest BCUT2D eigenvalue weighted by molar-refractivity contribution is 7.91. The molecule has 0 spiro atoms. The largest absolute Gasteiger partial charge is 0.302 e. The molecule has 0 radical (unpaired) electrons. The van der Waals surface area contributed by atoms with Gasteiger partial charge in [-0.1, -0.05) is 48.4 Å². The number of nitrogens with zero attached hydrogens (tertiary/aromatic N) is 4. The summed E-state index contributed by atoms with van der Waals surface area (Å²) >= 11 is 14.5. The first-order valence-corrected chi connectivity index (χ1v) is 14.9. The molecular formula is C22H26Cl2N4O3S3. The third-order valence-electron chi connectivity index (χ3n) is 5.97. The van der Waals surface area contributed by atoms with Crippen LogP contribution in [0.15, 0.2) is 34.5 Å². The number of rotatable bonds is 9. The van der Waals surface area contributed by atoms with Crippen molar-refractivity contribution >= 4 is 77.2 Å². The Labute approximate surface area is 217 Å². The van der Waals surface area contributed by atoms with Crippen LogP contribution in [0.25, 0.3) is 10.2 Å². The first-order chi connectivity index (χ1) is 16.2. The van der Waals surface area contributed by atoms with E-state index in [1.165, 1.54) is 21.7 Å². The normalized spacial score (nSPS) is 17.1. The van der Waals surface area contributed by atoms with Crippen molar-refractivity contribution < 1.29 is 13.2 Å². The number of likely N-dealkylation sites (N-methyl/N-ethyl adjacent to an activating group) is 1. The van der Waals surface area contributed by atoms with Gasteiger partial charge in [-0.2, -0.15) is 4.31 Å². The fraction of sp³-hybridized carbons (Fsp3) is 0.455. The van der Waals surface area contributed by atoms with Crippen molar-refractivity contribution in [3.05, 3.63) is 39.7 Å². The number of carbonyl (C=O) groups excluding carboxylic acids is 1. The number of thiazole rings is 1. The summed E-state index contributed by atoms with van der Waals surface area (Å²) in [5.41, 5.74) is 0.758. The SMILES string of the molecule is CCN(CC)CCN(C(=O)C1CCCN1S(=O)(=O)c1ccc(Cl)s1)c1nc2ccc(Cl)cc2s1. The van der Waals surface area contributed by atoms with Gasteiger partial charge in [0.25, 0.3) is 10.0 Å². The highest BCUT2D eigenvalue weighted by atomic mass is 35.5. The first kappa shape index (κ1) is 25.8. The van der Waals surface area contributed by atoms with Crippen LogP contribution < -0.4 is 4.90 Å². The van der Waals surface area contributed by atoms with E-state index < -0.39 is 16.1 Å². The third kappa shape index (κ3) is 5.28. The zero-order valence-electron chi connectivity index (χ0n) is 18.9. The topological polar surface area (TPSA) is 73.8 Å². The van der Waals surface area contributed by atoms with E-state index in [1.807, 2.05) is 12.1 Å². The van der Waals surface area contributed by atoms with Crippen LogP contribution in [0.3, 0.4) is 0 Å². The molecule has 3 aromatic rings. The zero-order valence-corrected chi connectivity index (χ0v) is 22.9. The number of hydrogen-bond acceptors (Lipinski definition) is 7. The Morgan fingerprint density at radius 2 is 1.91 bits per heavy atom. The number of amides is 1. The molecular weight excluding hydrogens is 535 g/mol. The summed E-state index contributed by atoms with van der Waals surface area (Å²) in [5, 5.41) is 1.16. The van der Waals surface area contributed by atoms with Gasteiger partial charge in [-0.15, -0.1) is 11.3 Å². The van der Waals surface area contributed by atoms with Crippen LogP contribution in [0.1, 0.15) is 26.7 Å². The van der Waals surface area contributed by atoms with Crippen molar-refractivity contribution in [2.75, 3.05) is 37.6 Å². The van der Waals surface area contributed by atoms with E-state index in [4.69, 9.17) is 23.2 Å². The summed E-state index contributed by atoms with van der Waals surface area (Å²) in [4.78, 5) is 22.5. The number of aromatic nitrogens is 1. The maximum Gasteiger partial charge on any atom is 0.253 e. The maximum absolute atomic E-state index is 13.9. The van der Waals surface area contributed by atoms with E-state index >= 15 is 0 Å². The second kappa shape index (κ2) is 10.8. The van der Waals surface area contributed by atoms with Crippen LogP contribution in [0.4, 0.5) is 5.13 Å². The molecule has 1 amide bonds. The van der Waals surface area contributed by atoms with E-state index in [-0.39, 0.29) is 10.1 Å². The number of thiophene rings is 1. The number of fused-ring (bicyclic) bond motifs is 1. The number of anilines is 1. The minimum absolute atomic E-state index is 0.154. The molecule has 4 rings (SSSR count). The molecule has 34 heavy (non-hydrogen) atoms. The van der Waals surface area contributed by atoms with Gasteiger partial charge < -0.3 is 4.90 Å². The van der Waals surface area contributed by atoms with Crippen molar-refractivity contribution in [2.24, 2.45) is 0 Å². The Morgan fingerprint density at radius 3 is 2.59 bits per heavy atom. The summed E-state index contributed by atoms with van der Waals surface area (Å²) in [6.45, 7) is 7.25. The molecule has 1 atom stereocenters. The first-order valence-electron chi connectivity index (χ1n) is 11.1. The van der Waals surface area contributed by atoms with E-state index in [1.54, 1.807) is 17.0 Å². The Bertz CT molecular complexity index is 1270. The number of halogens is 2. The van der Waals surface area contributed by atoms with Crippen molar-refractivity contribution in [1.82, 2.24) is 14.2 Å². The highest BCUT2D eigenvalue weighted by Gasteiger charge is 2.42. The molecule has 0 N–H and O–H groups in total. The summed E-state index contributed by atoms with van der Waals surface area (Å²) in [6, 6.07) is 7.72. The lowest BCUT2D eigenvalue weighted by Gasteiger charge is -2.29. The van der Waals surface area contributed by atoms with Crippen LogP contribution in [-0.2, 0) is 14.8 Å². The lowest BCUT2D eigenvalue weighted by Crippen LogP contribution is -2.49. The van der Waals surface area contributed by atoms with Crippen LogP contribution in [0.2, 0.25) is 9.36 Å². The molecule has 2 aromatic heterocycles. The molecule has 12 heteroatoms. The van der Waals surface area contributed by atoms with Crippen molar-refractivity contribution in [1.29, 1.82) is 0 Å². The third-order valence-corrected chi connectivity index (χ3v) is 10.9. The van der Waals surface area contributed by atoms with Gasteiger partial charge in [0.2, 0.25) is 5.91 Å². The number of benzene rings is 1. The van der Waals surface area contributed by atoms with Gasteiger partial charge in [0.1, 0.15) is 10.3 Å². The van der Waals surface area contributed by atoms with Crippen LogP contribution >= 0.6 is 45.9 Å². The molecule has 0 bridgehead atoms. The summed E-state index contributed by atoms with van der Waals surface area (Å²) < 4.78 is 29.4. The zero-order chi connectivity index (χ0) is 24.5. The van der Waals surface area contributed by atoms with Crippen LogP contribution in [0.5, 0.6) is 0 Å². The number of hydrogen-bond donors (Lipinski definition) is 0. The molecule has 184 valence electrons. The van der Waals surface area contributed by atoms with Gasteiger partial charge in [-0.05, 0) is 56.3 Å². The van der Waals surface area contributed by atoms with E-state index in [9.17, 15) is 13.2 Å². The Balaban J connectivity index is 1.67. The fourth-order valence-corrected chi connectivity index (χ4v) is 8.63. The molecule has 1 aliphatic rings. The molecule has 1 saturated heterocycles. The van der Waals surface area contributed by atoms with Gasteiger partial charge in [0, 0.05) is 24.7 Å². The van der Waals surface area contributed by atoms with Gasteiger partial charge in [0.15, 0.2) is 5.13 Å². The smallest absolute Gasteiger partial charge is 0.253 e.